The number of nitrogens with zero attached hydrogens (tertiary/aromatic N) is 1. The summed E-state index contributed by atoms with van der Waals surface area (Å²) in [7, 11) is 1.88. The van der Waals surface area contributed by atoms with E-state index in [1.165, 1.54) is 6.07 Å². The van der Waals surface area contributed by atoms with Gasteiger partial charge < -0.3 is 10.6 Å². The number of hydrogen-bond acceptors (Lipinski definition) is 2. The van der Waals surface area contributed by atoms with Crippen molar-refractivity contribution in [3.8, 4) is 0 Å². The number of nitrogens with two attached hydrogens (primary N) is 1. The molecule has 0 amide bonds. The van der Waals surface area contributed by atoms with E-state index in [4.69, 9.17) is 29.6 Å². The molecule has 0 heterocycles. The van der Waals surface area contributed by atoms with E-state index in [-0.39, 0.29) is 16.6 Å². The maximum Gasteiger partial charge on any atom is 0.135 e. The molecule has 0 aliphatic carbocycles. The summed E-state index contributed by atoms with van der Waals surface area (Å²) in [6.07, 6.45) is 0. The first-order valence-electron chi connectivity index (χ1n) is 6.48. The lowest BCUT2D eigenvalue weighted by molar-refractivity contribution is 0.623. The van der Waals surface area contributed by atoms with Crippen molar-refractivity contribution < 1.29 is 4.39 Å². The van der Waals surface area contributed by atoms with E-state index in [9.17, 15) is 4.39 Å². The average molecular weight is 323 g/mol. The third kappa shape index (κ3) is 3.34. The summed E-state index contributed by atoms with van der Waals surface area (Å²) in [4.78, 5) is 2.00. The number of thiocarbonyl (C=S) groups is 1. The molecule has 2 aromatic carbocycles. The van der Waals surface area contributed by atoms with Gasteiger partial charge in [-0.1, -0.05) is 42.0 Å². The zero-order valence-electron chi connectivity index (χ0n) is 11.8. The second-order valence-corrected chi connectivity index (χ2v) is 5.71. The van der Waals surface area contributed by atoms with Crippen LogP contribution in [0.1, 0.15) is 24.1 Å². The molecule has 21 heavy (non-hydrogen) atoms. The maximum atomic E-state index is 14.0. The van der Waals surface area contributed by atoms with Gasteiger partial charge in [0.25, 0.3) is 0 Å². The van der Waals surface area contributed by atoms with Crippen LogP contribution in [0.4, 0.5) is 10.1 Å². The van der Waals surface area contributed by atoms with E-state index >= 15 is 0 Å². The quantitative estimate of drug-likeness (QED) is 0.850. The van der Waals surface area contributed by atoms with Gasteiger partial charge in [0, 0.05) is 12.1 Å². The van der Waals surface area contributed by atoms with Crippen LogP contribution in [-0.2, 0) is 0 Å². The summed E-state index contributed by atoms with van der Waals surface area (Å²) in [6.45, 7) is 2.03. The Morgan fingerprint density at radius 1 is 1.24 bits per heavy atom. The molecule has 0 fully saturated rings. The summed E-state index contributed by atoms with van der Waals surface area (Å²) in [5.74, 6) is -0.407. The highest BCUT2D eigenvalue weighted by atomic mass is 35.5. The van der Waals surface area contributed by atoms with E-state index in [1.807, 2.05) is 49.2 Å². The fourth-order valence-electron chi connectivity index (χ4n) is 2.22. The third-order valence-electron chi connectivity index (χ3n) is 3.55. The second kappa shape index (κ2) is 6.41. The van der Waals surface area contributed by atoms with Gasteiger partial charge in [-0.3, -0.25) is 0 Å². The van der Waals surface area contributed by atoms with Crippen molar-refractivity contribution in [3.05, 3.63) is 64.4 Å². The molecule has 0 radical (unpaired) electrons. The lowest BCUT2D eigenvalue weighted by Crippen LogP contribution is -2.25. The van der Waals surface area contributed by atoms with Gasteiger partial charge in [-0.25, -0.2) is 4.39 Å². The summed E-state index contributed by atoms with van der Waals surface area (Å²) in [6, 6.07) is 12.4. The minimum absolute atomic E-state index is 0.0252. The molecular weight excluding hydrogens is 307 g/mol. The molecule has 1 atom stereocenters. The predicted molar refractivity (Wildman–Crippen MR) is 90.6 cm³/mol. The minimum atomic E-state index is -0.407. The van der Waals surface area contributed by atoms with Gasteiger partial charge in [0.2, 0.25) is 0 Å². The van der Waals surface area contributed by atoms with Crippen molar-refractivity contribution >= 4 is 34.5 Å². The van der Waals surface area contributed by atoms with Crippen LogP contribution in [0.3, 0.4) is 0 Å². The van der Waals surface area contributed by atoms with Gasteiger partial charge in [0.05, 0.1) is 17.3 Å². The molecule has 0 spiro atoms. The van der Waals surface area contributed by atoms with Crippen LogP contribution >= 0.6 is 23.8 Å². The molecule has 0 aliphatic rings. The fourth-order valence-corrected chi connectivity index (χ4v) is 2.55. The Bertz CT molecular complexity index is 658. The zero-order chi connectivity index (χ0) is 15.6. The standard InChI is InChI=1S/C16H16ClFN2S/c1-10(11-6-8-12(17)9-7-11)20(2)14-5-3-4-13(18)15(14)16(19)21/h3-10H,1-2H3,(H2,19,21). The molecule has 0 aromatic heterocycles. The largest absolute Gasteiger partial charge is 0.389 e. The third-order valence-corrected chi connectivity index (χ3v) is 4.01. The van der Waals surface area contributed by atoms with E-state index in [0.717, 1.165) is 5.56 Å². The molecule has 2 rings (SSSR count). The molecule has 110 valence electrons. The highest BCUT2D eigenvalue weighted by Gasteiger charge is 2.19. The summed E-state index contributed by atoms with van der Waals surface area (Å²) >= 11 is 10.9. The molecule has 0 aliphatic heterocycles. The Morgan fingerprint density at radius 3 is 2.43 bits per heavy atom. The van der Waals surface area contributed by atoms with Crippen LogP contribution in [0, 0.1) is 5.82 Å². The number of anilines is 1. The van der Waals surface area contributed by atoms with Gasteiger partial charge in [-0.05, 0) is 36.8 Å². The molecule has 2 N–H and O–H groups in total. The van der Waals surface area contributed by atoms with Gasteiger partial charge in [-0.15, -0.1) is 0 Å². The highest BCUT2D eigenvalue weighted by Crippen LogP contribution is 2.30. The van der Waals surface area contributed by atoms with Gasteiger partial charge >= 0.3 is 0 Å². The molecule has 5 heteroatoms. The zero-order valence-corrected chi connectivity index (χ0v) is 13.4. The van der Waals surface area contributed by atoms with E-state index < -0.39 is 5.82 Å². The Labute approximate surface area is 134 Å². The van der Waals surface area contributed by atoms with Crippen LogP contribution in [0.15, 0.2) is 42.5 Å². The Hall–Kier alpha value is -1.65. The molecule has 0 bridgehead atoms. The maximum absolute atomic E-state index is 14.0. The van der Waals surface area contributed by atoms with Crippen molar-refractivity contribution in [1.82, 2.24) is 0 Å². The number of halogens is 2. The minimum Gasteiger partial charge on any atom is -0.389 e. The predicted octanol–water partition coefficient (Wildman–Crippen LogP) is 4.31. The summed E-state index contributed by atoms with van der Waals surface area (Å²) < 4.78 is 14.0. The van der Waals surface area contributed by atoms with E-state index in [2.05, 4.69) is 0 Å². The van der Waals surface area contributed by atoms with Crippen LogP contribution in [0.2, 0.25) is 5.02 Å². The highest BCUT2D eigenvalue weighted by molar-refractivity contribution is 7.80. The van der Waals surface area contributed by atoms with Crippen molar-refractivity contribution in [2.24, 2.45) is 5.73 Å². The molecular formula is C16H16ClFN2S. The lowest BCUT2D eigenvalue weighted by atomic mass is 10.0. The van der Waals surface area contributed by atoms with Gasteiger partial charge in [-0.2, -0.15) is 0 Å². The fraction of sp³-hybridized carbons (Fsp3) is 0.188. The molecule has 0 saturated carbocycles. The second-order valence-electron chi connectivity index (χ2n) is 4.84. The van der Waals surface area contributed by atoms with Crippen LogP contribution in [0.25, 0.3) is 0 Å². The average Bonchev–Trinajstić information content (AvgIpc) is 2.46. The first-order valence-corrected chi connectivity index (χ1v) is 7.27. The number of benzene rings is 2. The van der Waals surface area contributed by atoms with Crippen LogP contribution in [0.5, 0.6) is 0 Å². The van der Waals surface area contributed by atoms with Crippen molar-refractivity contribution in [2.75, 3.05) is 11.9 Å². The van der Waals surface area contributed by atoms with Gasteiger partial charge in [0.1, 0.15) is 10.8 Å². The summed E-state index contributed by atoms with van der Waals surface area (Å²) in [5.41, 5.74) is 7.67. The first-order chi connectivity index (χ1) is 9.91. The lowest BCUT2D eigenvalue weighted by Gasteiger charge is -2.29. The molecule has 2 aromatic rings. The molecule has 1 unspecified atom stereocenters. The normalized spacial score (nSPS) is 12.0. The Kier molecular flexibility index (Phi) is 4.80. The monoisotopic (exact) mass is 322 g/mol. The van der Waals surface area contributed by atoms with Crippen LogP contribution < -0.4 is 10.6 Å². The SMILES string of the molecule is CC(c1ccc(Cl)cc1)N(C)c1cccc(F)c1C(N)=S. The van der Waals surface area contributed by atoms with Gasteiger partial charge in [0.15, 0.2) is 0 Å². The topological polar surface area (TPSA) is 29.3 Å². The smallest absolute Gasteiger partial charge is 0.135 e. The van der Waals surface area contributed by atoms with Crippen molar-refractivity contribution in [1.29, 1.82) is 0 Å². The first kappa shape index (κ1) is 15.7. The number of rotatable bonds is 4. The van der Waals surface area contributed by atoms with E-state index in [1.54, 1.807) is 6.07 Å². The van der Waals surface area contributed by atoms with Crippen molar-refractivity contribution in [2.45, 2.75) is 13.0 Å². The molecule has 2 nitrogen and oxygen atoms in total. The van der Waals surface area contributed by atoms with Crippen molar-refractivity contribution in [3.63, 3.8) is 0 Å². The summed E-state index contributed by atoms with van der Waals surface area (Å²) in [5, 5.41) is 0.684. The Morgan fingerprint density at radius 2 is 1.86 bits per heavy atom. The van der Waals surface area contributed by atoms with Crippen LogP contribution in [-0.4, -0.2) is 12.0 Å². The Balaban J connectivity index is 2.40. The van der Waals surface area contributed by atoms with E-state index in [0.29, 0.717) is 10.7 Å². The molecule has 0 saturated heterocycles. The number of hydrogen-bond donors (Lipinski definition) is 1.